The summed E-state index contributed by atoms with van der Waals surface area (Å²) in [7, 11) is 1.59. The predicted octanol–water partition coefficient (Wildman–Crippen LogP) is 1.09. The van der Waals surface area contributed by atoms with E-state index in [2.05, 4.69) is 6.58 Å². The van der Waals surface area contributed by atoms with Crippen LogP contribution in [0.4, 0.5) is 0 Å². The van der Waals surface area contributed by atoms with Gasteiger partial charge in [-0.2, -0.15) is 0 Å². The first-order valence-corrected chi connectivity index (χ1v) is 5.14. The van der Waals surface area contributed by atoms with E-state index in [9.17, 15) is 0 Å². The van der Waals surface area contributed by atoms with Crippen LogP contribution in [0.25, 0.3) is 0 Å². The van der Waals surface area contributed by atoms with Crippen molar-refractivity contribution in [1.82, 2.24) is 0 Å². The highest BCUT2D eigenvalue weighted by atomic mass is 16.7. The molecule has 0 bridgehead atoms. The fourth-order valence-corrected chi connectivity index (χ4v) is 1.47. The van der Waals surface area contributed by atoms with Crippen LogP contribution in [0.1, 0.15) is 19.8 Å². The number of epoxide rings is 1. The maximum absolute atomic E-state index is 8.99. The number of hydrogen-bond acceptors (Lipinski definition) is 4. The smallest absolute Gasteiger partial charge is 0.146 e. The van der Waals surface area contributed by atoms with Crippen molar-refractivity contribution in [2.24, 2.45) is 0 Å². The number of rotatable bonds is 8. The number of methoxy groups -OCH3 is 1. The van der Waals surface area contributed by atoms with Crippen LogP contribution in [0.2, 0.25) is 0 Å². The van der Waals surface area contributed by atoms with Gasteiger partial charge in [-0.15, -0.1) is 0 Å². The molecule has 2 atom stereocenters. The van der Waals surface area contributed by atoms with Crippen LogP contribution in [0.5, 0.6) is 0 Å². The molecule has 1 fully saturated rings. The number of aliphatic hydroxyl groups excluding tert-OH is 1. The van der Waals surface area contributed by atoms with E-state index in [1.165, 1.54) is 0 Å². The lowest BCUT2D eigenvalue weighted by Gasteiger charge is -2.06. The van der Waals surface area contributed by atoms with Crippen molar-refractivity contribution in [1.29, 1.82) is 0 Å². The molecular weight excluding hydrogens is 196 g/mol. The molecule has 4 nitrogen and oxygen atoms in total. The molecule has 0 aliphatic carbocycles. The van der Waals surface area contributed by atoms with Gasteiger partial charge < -0.3 is 19.3 Å². The molecule has 0 aromatic rings. The first kappa shape index (κ1) is 12.6. The summed E-state index contributed by atoms with van der Waals surface area (Å²) in [6.45, 7) is 6.73. The van der Waals surface area contributed by atoms with E-state index in [1.807, 2.05) is 6.92 Å². The van der Waals surface area contributed by atoms with E-state index in [-0.39, 0.29) is 18.3 Å². The second-order valence-electron chi connectivity index (χ2n) is 4.12. The maximum atomic E-state index is 8.99. The topological polar surface area (TPSA) is 51.2 Å². The van der Waals surface area contributed by atoms with E-state index in [0.717, 1.165) is 18.4 Å². The van der Waals surface area contributed by atoms with Gasteiger partial charge in [0.05, 0.1) is 19.3 Å². The lowest BCUT2D eigenvalue weighted by Crippen LogP contribution is -2.15. The third kappa shape index (κ3) is 3.91. The molecule has 1 rings (SSSR count). The summed E-state index contributed by atoms with van der Waals surface area (Å²) in [4.78, 5) is 0. The Kier molecular flexibility index (Phi) is 4.73. The minimum Gasteiger partial charge on any atom is -0.393 e. The highest BCUT2D eigenvalue weighted by Gasteiger charge is 2.50. The molecule has 1 heterocycles. The Morgan fingerprint density at radius 2 is 2.33 bits per heavy atom. The molecule has 1 aliphatic heterocycles. The predicted molar refractivity (Wildman–Crippen MR) is 56.6 cm³/mol. The van der Waals surface area contributed by atoms with Crippen molar-refractivity contribution in [3.05, 3.63) is 12.2 Å². The molecule has 0 aromatic heterocycles. The van der Waals surface area contributed by atoms with E-state index in [1.54, 1.807) is 7.11 Å². The van der Waals surface area contributed by atoms with E-state index in [4.69, 9.17) is 19.3 Å². The van der Waals surface area contributed by atoms with Crippen LogP contribution >= 0.6 is 0 Å². The third-order valence-corrected chi connectivity index (χ3v) is 2.62. The van der Waals surface area contributed by atoms with Crippen molar-refractivity contribution >= 4 is 0 Å². The largest absolute Gasteiger partial charge is 0.393 e. The van der Waals surface area contributed by atoms with Crippen LogP contribution < -0.4 is 0 Å². The number of ether oxygens (including phenoxy) is 3. The van der Waals surface area contributed by atoms with Crippen LogP contribution in [-0.4, -0.2) is 43.9 Å². The van der Waals surface area contributed by atoms with Gasteiger partial charge in [-0.3, -0.25) is 0 Å². The first-order valence-electron chi connectivity index (χ1n) is 5.14. The minimum atomic E-state index is -0.312. The Hall–Kier alpha value is -0.420. The average Bonchev–Trinajstić information content (AvgIpc) is 2.88. The van der Waals surface area contributed by atoms with Gasteiger partial charge >= 0.3 is 0 Å². The van der Waals surface area contributed by atoms with Crippen molar-refractivity contribution in [3.8, 4) is 0 Å². The SMILES string of the molecule is C=C(CC[C@@H]1O[C@@]1(C)CO)COCOC. The highest BCUT2D eigenvalue weighted by Crippen LogP contribution is 2.38. The Balaban J connectivity index is 2.03. The molecule has 1 N–H and O–H groups in total. The van der Waals surface area contributed by atoms with Crippen LogP contribution in [0, 0.1) is 0 Å². The summed E-state index contributed by atoms with van der Waals surface area (Å²) in [6.07, 6.45) is 1.93. The van der Waals surface area contributed by atoms with E-state index in [0.29, 0.717) is 13.4 Å². The highest BCUT2D eigenvalue weighted by molar-refractivity contribution is 5.02. The van der Waals surface area contributed by atoms with Crippen LogP contribution in [0.15, 0.2) is 12.2 Å². The Labute approximate surface area is 90.8 Å². The van der Waals surface area contributed by atoms with Gasteiger partial charge in [0.1, 0.15) is 12.4 Å². The van der Waals surface area contributed by atoms with Crippen LogP contribution in [0.3, 0.4) is 0 Å². The Morgan fingerprint density at radius 1 is 1.60 bits per heavy atom. The second kappa shape index (κ2) is 5.61. The average molecular weight is 216 g/mol. The zero-order valence-corrected chi connectivity index (χ0v) is 9.49. The molecule has 0 unspecified atom stereocenters. The van der Waals surface area contributed by atoms with Gasteiger partial charge in [-0.25, -0.2) is 0 Å². The minimum absolute atomic E-state index is 0.0876. The monoisotopic (exact) mass is 216 g/mol. The van der Waals surface area contributed by atoms with Gasteiger partial charge in [0.2, 0.25) is 0 Å². The second-order valence-corrected chi connectivity index (χ2v) is 4.12. The molecular formula is C11H20O4. The fraction of sp³-hybridized carbons (Fsp3) is 0.818. The summed E-state index contributed by atoms with van der Waals surface area (Å²) in [6, 6.07) is 0. The normalized spacial score (nSPS) is 29.1. The fourth-order valence-electron chi connectivity index (χ4n) is 1.47. The maximum Gasteiger partial charge on any atom is 0.146 e. The van der Waals surface area contributed by atoms with Crippen LogP contribution in [-0.2, 0) is 14.2 Å². The standard InChI is InChI=1S/C11H20O4/c1-9(6-14-8-13-3)4-5-10-11(2,7-12)15-10/h10,12H,1,4-8H2,2-3H3/t10-,11-/m0/s1. The molecule has 0 saturated carbocycles. The van der Waals surface area contributed by atoms with E-state index < -0.39 is 0 Å². The summed E-state index contributed by atoms with van der Waals surface area (Å²) in [5, 5.41) is 8.99. The number of hydrogen-bond donors (Lipinski definition) is 1. The van der Waals surface area contributed by atoms with Crippen molar-refractivity contribution < 1.29 is 19.3 Å². The quantitative estimate of drug-likeness (QED) is 0.285. The summed E-state index contributed by atoms with van der Waals surface area (Å²) >= 11 is 0. The molecule has 0 aromatic carbocycles. The molecule has 4 heteroatoms. The molecule has 15 heavy (non-hydrogen) atoms. The van der Waals surface area contributed by atoms with Gasteiger partial charge in [0.25, 0.3) is 0 Å². The molecule has 88 valence electrons. The summed E-state index contributed by atoms with van der Waals surface area (Å²) in [5.74, 6) is 0. The Bertz CT molecular complexity index is 217. The molecule has 0 radical (unpaired) electrons. The van der Waals surface area contributed by atoms with E-state index >= 15 is 0 Å². The molecule has 0 amide bonds. The molecule has 1 saturated heterocycles. The molecule has 1 aliphatic rings. The number of aliphatic hydroxyl groups is 1. The van der Waals surface area contributed by atoms with Gasteiger partial charge in [-0.1, -0.05) is 12.2 Å². The van der Waals surface area contributed by atoms with Crippen molar-refractivity contribution in [2.75, 3.05) is 27.1 Å². The zero-order chi connectivity index (χ0) is 11.3. The lowest BCUT2D eigenvalue weighted by molar-refractivity contribution is -0.0217. The first-order chi connectivity index (χ1) is 7.12. The molecule has 0 spiro atoms. The Morgan fingerprint density at radius 3 is 2.87 bits per heavy atom. The third-order valence-electron chi connectivity index (χ3n) is 2.62. The van der Waals surface area contributed by atoms with Gasteiger partial charge in [0.15, 0.2) is 0 Å². The van der Waals surface area contributed by atoms with Gasteiger partial charge in [-0.05, 0) is 19.8 Å². The van der Waals surface area contributed by atoms with Crippen molar-refractivity contribution in [3.63, 3.8) is 0 Å². The summed E-state index contributed by atoms with van der Waals surface area (Å²) < 4.78 is 15.3. The van der Waals surface area contributed by atoms with Crippen molar-refractivity contribution in [2.45, 2.75) is 31.5 Å². The zero-order valence-electron chi connectivity index (χ0n) is 9.49. The lowest BCUT2D eigenvalue weighted by atomic mass is 10.0. The summed E-state index contributed by atoms with van der Waals surface area (Å²) in [5.41, 5.74) is 0.719. The van der Waals surface area contributed by atoms with Gasteiger partial charge in [0, 0.05) is 7.11 Å².